The van der Waals surface area contributed by atoms with Gasteiger partial charge in [-0.2, -0.15) is 18.3 Å². The predicted octanol–water partition coefficient (Wildman–Crippen LogP) is 2.34. The third-order valence-electron chi connectivity index (χ3n) is 3.92. The fourth-order valence-corrected chi connectivity index (χ4v) is 2.51. The molecular weight excluding hydrogens is 421 g/mol. The van der Waals surface area contributed by atoms with Gasteiger partial charge in [0, 0.05) is 5.56 Å². The maximum Gasteiger partial charge on any atom is 0.417 e. The number of rotatable bonds is 4. The molecule has 0 fully saturated rings. The molecule has 2 aromatic heterocycles. The van der Waals surface area contributed by atoms with Crippen LogP contribution in [-0.4, -0.2) is 29.4 Å². The molecule has 2 heterocycles. The second-order valence-electron chi connectivity index (χ2n) is 6.00. The molecule has 3 rings (SSSR count). The Morgan fingerprint density at radius 2 is 1.61 bits per heavy atom. The average Bonchev–Trinajstić information content (AvgIpc) is 3.44. The Kier molecular flexibility index (Phi) is 6.11. The van der Waals surface area contributed by atoms with Crippen LogP contribution >= 0.6 is 0 Å². The predicted molar refractivity (Wildman–Crippen MR) is 98.7 cm³/mol. The summed E-state index contributed by atoms with van der Waals surface area (Å²) < 4.78 is 49.8. The van der Waals surface area contributed by atoms with E-state index in [0.29, 0.717) is 5.12 Å². The molecule has 9 nitrogen and oxygen atoms in total. The van der Waals surface area contributed by atoms with E-state index < -0.39 is 41.8 Å². The monoisotopic (exact) mass is 436 g/mol. The van der Waals surface area contributed by atoms with Crippen molar-refractivity contribution in [2.75, 3.05) is 6.54 Å². The lowest BCUT2D eigenvalue weighted by molar-refractivity contribution is -0.137. The van der Waals surface area contributed by atoms with E-state index in [0.717, 1.165) is 12.1 Å². The number of amides is 3. The van der Waals surface area contributed by atoms with E-state index in [2.05, 4.69) is 10.9 Å². The average molecular weight is 436 g/mol. The normalized spacial score (nSPS) is 11.1. The van der Waals surface area contributed by atoms with E-state index in [1.54, 1.807) is 0 Å². The standard InChI is InChI=1S/C19H15F3N4O5/c20-19(21,22)12-5-2-1-4-11(12)13-7-8-15(31-13)18(29)25-26(16(27)10-23)24-17(28)14-6-3-9-30-14/h1-9H,10,23H2,(H,24,28)(H,25,29). The van der Waals surface area contributed by atoms with Crippen LogP contribution in [0.3, 0.4) is 0 Å². The second-order valence-corrected chi connectivity index (χ2v) is 6.00. The first-order chi connectivity index (χ1) is 14.7. The molecule has 3 aromatic rings. The zero-order valence-corrected chi connectivity index (χ0v) is 15.6. The number of alkyl halides is 3. The summed E-state index contributed by atoms with van der Waals surface area (Å²) in [6.45, 7) is -0.568. The van der Waals surface area contributed by atoms with Crippen LogP contribution in [0.1, 0.15) is 26.7 Å². The highest BCUT2D eigenvalue weighted by molar-refractivity contribution is 5.96. The van der Waals surface area contributed by atoms with Gasteiger partial charge in [0.2, 0.25) is 0 Å². The number of nitrogens with zero attached hydrogens (tertiary/aromatic N) is 1. The largest absolute Gasteiger partial charge is 0.459 e. The van der Waals surface area contributed by atoms with Crippen molar-refractivity contribution in [3.63, 3.8) is 0 Å². The number of benzene rings is 1. The SMILES string of the molecule is NCC(=O)N(NC(=O)c1ccco1)NC(=O)c1ccc(-c2ccccc2C(F)(F)F)o1. The van der Waals surface area contributed by atoms with Gasteiger partial charge in [0.15, 0.2) is 11.5 Å². The minimum absolute atomic E-state index is 0.145. The second kappa shape index (κ2) is 8.75. The summed E-state index contributed by atoms with van der Waals surface area (Å²) in [5.41, 5.74) is 8.21. The van der Waals surface area contributed by atoms with Gasteiger partial charge >= 0.3 is 18.0 Å². The molecule has 0 saturated heterocycles. The van der Waals surface area contributed by atoms with Crippen molar-refractivity contribution in [1.29, 1.82) is 0 Å². The molecule has 0 saturated carbocycles. The number of carbonyl (C=O) groups is 3. The van der Waals surface area contributed by atoms with Gasteiger partial charge in [-0.15, -0.1) is 0 Å². The summed E-state index contributed by atoms with van der Waals surface area (Å²) in [5, 5.41) is 0.430. The van der Waals surface area contributed by atoms with Crippen molar-refractivity contribution in [3.8, 4) is 11.3 Å². The molecule has 0 aliphatic heterocycles. The molecule has 3 amide bonds. The molecule has 12 heteroatoms. The summed E-state index contributed by atoms with van der Waals surface area (Å²) in [5.74, 6) is -3.53. The lowest BCUT2D eigenvalue weighted by Gasteiger charge is -2.21. The van der Waals surface area contributed by atoms with E-state index in [4.69, 9.17) is 14.6 Å². The molecule has 4 N–H and O–H groups in total. The van der Waals surface area contributed by atoms with E-state index >= 15 is 0 Å². The maximum atomic E-state index is 13.2. The lowest BCUT2D eigenvalue weighted by Crippen LogP contribution is -2.57. The molecule has 0 radical (unpaired) electrons. The highest BCUT2D eigenvalue weighted by Crippen LogP contribution is 2.37. The number of hydrazine groups is 2. The molecule has 162 valence electrons. The van der Waals surface area contributed by atoms with Crippen LogP contribution in [0.15, 0.2) is 63.6 Å². The lowest BCUT2D eigenvalue weighted by atomic mass is 10.1. The molecule has 1 aromatic carbocycles. The molecule has 0 bridgehead atoms. The molecule has 0 unspecified atom stereocenters. The summed E-state index contributed by atoms with van der Waals surface area (Å²) in [6, 6.07) is 9.73. The Balaban J connectivity index is 1.79. The third kappa shape index (κ3) is 4.93. The minimum Gasteiger partial charge on any atom is -0.459 e. The highest BCUT2D eigenvalue weighted by Gasteiger charge is 2.34. The number of nitrogens with one attached hydrogen (secondary N) is 2. The van der Waals surface area contributed by atoms with Crippen molar-refractivity contribution in [1.82, 2.24) is 16.0 Å². The Morgan fingerprint density at radius 1 is 0.935 bits per heavy atom. The Labute approximate surface area is 172 Å². The molecule has 0 spiro atoms. The van der Waals surface area contributed by atoms with Crippen LogP contribution in [0.5, 0.6) is 0 Å². The fourth-order valence-electron chi connectivity index (χ4n) is 2.51. The van der Waals surface area contributed by atoms with Crippen LogP contribution in [-0.2, 0) is 11.0 Å². The molecule has 0 aliphatic rings. The Hall–Kier alpha value is -4.06. The van der Waals surface area contributed by atoms with E-state index in [9.17, 15) is 27.6 Å². The van der Waals surface area contributed by atoms with Gasteiger partial charge in [-0.3, -0.25) is 14.4 Å². The summed E-state index contributed by atoms with van der Waals surface area (Å²) in [6.07, 6.45) is -3.40. The van der Waals surface area contributed by atoms with E-state index in [1.807, 2.05) is 0 Å². The topological polar surface area (TPSA) is 131 Å². The first-order valence-electron chi connectivity index (χ1n) is 8.65. The van der Waals surface area contributed by atoms with E-state index in [1.165, 1.54) is 42.7 Å². The number of halogens is 3. The zero-order valence-electron chi connectivity index (χ0n) is 15.6. The number of nitrogens with two attached hydrogens (primary N) is 1. The zero-order chi connectivity index (χ0) is 22.6. The Bertz CT molecular complexity index is 1090. The molecular formula is C19H15F3N4O5. The van der Waals surface area contributed by atoms with Crippen LogP contribution in [0.2, 0.25) is 0 Å². The number of furan rings is 2. The van der Waals surface area contributed by atoms with Gasteiger partial charge in [-0.05, 0) is 30.3 Å². The molecule has 0 aliphatic carbocycles. The number of carbonyl (C=O) groups excluding carboxylic acids is 3. The van der Waals surface area contributed by atoms with Crippen molar-refractivity contribution in [2.45, 2.75) is 6.18 Å². The van der Waals surface area contributed by atoms with Crippen molar-refractivity contribution in [3.05, 3.63) is 71.9 Å². The maximum absolute atomic E-state index is 13.2. The van der Waals surface area contributed by atoms with Gasteiger partial charge in [0.1, 0.15) is 5.76 Å². The Morgan fingerprint density at radius 3 is 2.23 bits per heavy atom. The van der Waals surface area contributed by atoms with Crippen LogP contribution in [0.4, 0.5) is 13.2 Å². The minimum atomic E-state index is -4.63. The quantitative estimate of drug-likeness (QED) is 0.538. The van der Waals surface area contributed by atoms with Gasteiger partial charge in [-0.25, -0.2) is 10.9 Å². The third-order valence-corrected chi connectivity index (χ3v) is 3.92. The van der Waals surface area contributed by atoms with Gasteiger partial charge in [-0.1, -0.05) is 18.2 Å². The summed E-state index contributed by atoms with van der Waals surface area (Å²) in [4.78, 5) is 36.4. The first-order valence-corrected chi connectivity index (χ1v) is 8.65. The fraction of sp³-hybridized carbons (Fsp3) is 0.105. The van der Waals surface area contributed by atoms with E-state index in [-0.39, 0.29) is 17.1 Å². The van der Waals surface area contributed by atoms with Gasteiger partial charge in [0.25, 0.3) is 5.91 Å². The van der Waals surface area contributed by atoms with Crippen LogP contribution < -0.4 is 16.6 Å². The number of hydrogen-bond donors (Lipinski definition) is 3. The number of hydrogen-bond acceptors (Lipinski definition) is 6. The van der Waals surface area contributed by atoms with Gasteiger partial charge in [0.05, 0.1) is 18.4 Å². The van der Waals surface area contributed by atoms with Crippen molar-refractivity contribution < 1.29 is 36.4 Å². The smallest absolute Gasteiger partial charge is 0.417 e. The summed E-state index contributed by atoms with van der Waals surface area (Å²) >= 11 is 0. The van der Waals surface area contributed by atoms with Gasteiger partial charge < -0.3 is 14.6 Å². The molecule has 31 heavy (non-hydrogen) atoms. The first kappa shape index (κ1) is 21.6. The highest BCUT2D eigenvalue weighted by atomic mass is 19.4. The van der Waals surface area contributed by atoms with Crippen LogP contribution in [0.25, 0.3) is 11.3 Å². The molecule has 0 atom stereocenters. The summed E-state index contributed by atoms with van der Waals surface area (Å²) in [7, 11) is 0. The van der Waals surface area contributed by atoms with Crippen molar-refractivity contribution in [2.24, 2.45) is 5.73 Å². The van der Waals surface area contributed by atoms with Crippen molar-refractivity contribution >= 4 is 17.7 Å². The van der Waals surface area contributed by atoms with Crippen LogP contribution in [0, 0.1) is 0 Å².